The van der Waals surface area contributed by atoms with E-state index in [2.05, 4.69) is 31.3 Å². The van der Waals surface area contributed by atoms with Gasteiger partial charge in [0.05, 0.1) is 25.4 Å². The number of amides is 1. The van der Waals surface area contributed by atoms with Gasteiger partial charge in [-0.1, -0.05) is 218 Å². The Bertz CT molecular complexity index is 1010. The van der Waals surface area contributed by atoms with Gasteiger partial charge in [0.25, 0.3) is 0 Å². The number of hydrogen-bond donors (Lipinski definition) is 6. The monoisotopic (exact) mass is 866 g/mol. The van der Waals surface area contributed by atoms with Crippen LogP contribution in [0, 0.1) is 0 Å². The zero-order chi connectivity index (χ0) is 44.4. The van der Waals surface area contributed by atoms with Gasteiger partial charge >= 0.3 is 0 Å². The maximum absolute atomic E-state index is 13.0. The van der Waals surface area contributed by atoms with Crippen molar-refractivity contribution >= 4 is 5.91 Å². The lowest BCUT2D eigenvalue weighted by Crippen LogP contribution is -2.60. The molecule has 1 heterocycles. The summed E-state index contributed by atoms with van der Waals surface area (Å²) in [6.07, 6.45) is 45.2. The summed E-state index contributed by atoms with van der Waals surface area (Å²) in [7, 11) is 0. The number of carbonyl (C=O) groups is 1. The molecule has 1 saturated heterocycles. The van der Waals surface area contributed by atoms with Crippen LogP contribution in [0.4, 0.5) is 0 Å². The number of allylic oxidation sites excluding steroid dienone is 3. The van der Waals surface area contributed by atoms with Crippen LogP contribution in [0.3, 0.4) is 0 Å². The minimum Gasteiger partial charge on any atom is -0.394 e. The third-order valence-corrected chi connectivity index (χ3v) is 12.5. The first kappa shape index (κ1) is 57.7. The SMILES string of the molecule is CCCCCCCCCCCCC/C=C/C(O)C(COC1OC(CO)C(O)C(O)C1O)NC(=O)CCCCCCCCCCC/C=C\CCCCCCCCCCCCCC. The van der Waals surface area contributed by atoms with Crippen molar-refractivity contribution in [3.05, 3.63) is 24.3 Å². The van der Waals surface area contributed by atoms with Crippen molar-refractivity contribution in [1.82, 2.24) is 5.32 Å². The topological polar surface area (TPSA) is 149 Å². The average molecular weight is 866 g/mol. The van der Waals surface area contributed by atoms with Gasteiger partial charge in [0, 0.05) is 6.42 Å². The molecule has 0 aromatic heterocycles. The molecule has 61 heavy (non-hydrogen) atoms. The van der Waals surface area contributed by atoms with E-state index in [-0.39, 0.29) is 12.5 Å². The van der Waals surface area contributed by atoms with Crippen LogP contribution in [0.5, 0.6) is 0 Å². The van der Waals surface area contributed by atoms with E-state index in [9.17, 15) is 30.3 Å². The summed E-state index contributed by atoms with van der Waals surface area (Å²) in [6, 6.07) is -0.803. The lowest BCUT2D eigenvalue weighted by molar-refractivity contribution is -0.302. The fourth-order valence-corrected chi connectivity index (χ4v) is 8.33. The van der Waals surface area contributed by atoms with Crippen LogP contribution < -0.4 is 5.32 Å². The molecule has 1 rings (SSSR count). The lowest BCUT2D eigenvalue weighted by atomic mass is 9.99. The Hall–Kier alpha value is -1.33. The molecule has 0 radical (unpaired) electrons. The van der Waals surface area contributed by atoms with E-state index in [4.69, 9.17) is 9.47 Å². The maximum atomic E-state index is 13.0. The van der Waals surface area contributed by atoms with Crippen LogP contribution in [0.15, 0.2) is 24.3 Å². The fourth-order valence-electron chi connectivity index (χ4n) is 8.33. The minimum atomic E-state index is -1.56. The maximum Gasteiger partial charge on any atom is 0.220 e. The van der Waals surface area contributed by atoms with E-state index >= 15 is 0 Å². The molecule has 0 aromatic carbocycles. The van der Waals surface area contributed by atoms with Gasteiger partial charge in [-0.05, 0) is 44.9 Å². The number of hydrogen-bond acceptors (Lipinski definition) is 8. The van der Waals surface area contributed by atoms with Crippen molar-refractivity contribution in [3.63, 3.8) is 0 Å². The Morgan fingerprint density at radius 3 is 1.33 bits per heavy atom. The predicted molar refractivity (Wildman–Crippen MR) is 253 cm³/mol. The van der Waals surface area contributed by atoms with Crippen LogP contribution in [0.1, 0.15) is 245 Å². The summed E-state index contributed by atoms with van der Waals surface area (Å²) in [5.41, 5.74) is 0. The molecule has 7 atom stereocenters. The van der Waals surface area contributed by atoms with Gasteiger partial charge < -0.3 is 40.3 Å². The second-order valence-electron chi connectivity index (χ2n) is 18.3. The smallest absolute Gasteiger partial charge is 0.220 e. The van der Waals surface area contributed by atoms with Gasteiger partial charge in [0.1, 0.15) is 24.4 Å². The molecule has 0 aliphatic carbocycles. The average Bonchev–Trinajstić information content (AvgIpc) is 3.26. The second kappa shape index (κ2) is 42.6. The van der Waals surface area contributed by atoms with Crippen LogP contribution in [-0.2, 0) is 14.3 Å². The number of rotatable bonds is 44. The van der Waals surface area contributed by atoms with Crippen molar-refractivity contribution < 1.29 is 39.8 Å². The molecule has 1 aliphatic rings. The molecule has 0 bridgehead atoms. The zero-order valence-corrected chi connectivity index (χ0v) is 39.7. The molecule has 1 amide bonds. The Kier molecular flexibility index (Phi) is 40.3. The summed E-state index contributed by atoms with van der Waals surface area (Å²) in [5.74, 6) is -0.177. The zero-order valence-electron chi connectivity index (χ0n) is 39.7. The molecule has 1 aliphatic heterocycles. The normalized spacial score (nSPS) is 20.5. The Labute approximate surface area is 375 Å². The van der Waals surface area contributed by atoms with Crippen LogP contribution in [0.25, 0.3) is 0 Å². The van der Waals surface area contributed by atoms with Crippen molar-refractivity contribution in [2.24, 2.45) is 0 Å². The van der Waals surface area contributed by atoms with E-state index < -0.39 is 49.5 Å². The Balaban J connectivity index is 2.23. The third-order valence-electron chi connectivity index (χ3n) is 12.5. The van der Waals surface area contributed by atoms with Gasteiger partial charge in [-0.25, -0.2) is 0 Å². The first-order chi connectivity index (χ1) is 29.8. The van der Waals surface area contributed by atoms with Crippen LogP contribution in [0.2, 0.25) is 0 Å². The summed E-state index contributed by atoms with van der Waals surface area (Å²) in [5, 5.41) is 54.3. The van der Waals surface area contributed by atoms with E-state index in [1.54, 1.807) is 6.08 Å². The molecule has 9 heteroatoms. The quantitative estimate of drug-likeness (QED) is 0.0262. The summed E-state index contributed by atoms with van der Waals surface area (Å²) < 4.78 is 11.2. The molecule has 9 nitrogen and oxygen atoms in total. The summed E-state index contributed by atoms with van der Waals surface area (Å²) in [4.78, 5) is 13.0. The molecule has 6 N–H and O–H groups in total. The van der Waals surface area contributed by atoms with E-state index in [0.717, 1.165) is 38.5 Å². The third kappa shape index (κ3) is 32.9. The van der Waals surface area contributed by atoms with Crippen LogP contribution >= 0.6 is 0 Å². The summed E-state index contributed by atoms with van der Waals surface area (Å²) in [6.45, 7) is 3.78. The number of ether oxygens (including phenoxy) is 2. The van der Waals surface area contributed by atoms with Crippen molar-refractivity contribution in [2.75, 3.05) is 13.2 Å². The first-order valence-electron chi connectivity index (χ1n) is 26.1. The van der Waals surface area contributed by atoms with Gasteiger partial charge in [-0.2, -0.15) is 0 Å². The minimum absolute atomic E-state index is 0.177. The van der Waals surface area contributed by atoms with Gasteiger partial charge in [-0.3, -0.25) is 4.79 Å². The number of nitrogens with one attached hydrogen (secondary N) is 1. The fraction of sp³-hybridized carbons (Fsp3) is 0.904. The standard InChI is InChI=1S/C52H99NO8/c1-3-5-7-9-11-13-15-17-18-19-20-21-22-23-24-25-26-27-28-30-32-34-36-38-40-42-48(56)53-45(44-60-52-51(59)50(58)49(57)47(43-54)61-52)46(55)41-39-37-35-33-31-29-16-14-12-10-8-6-4-2/h23-24,39,41,45-47,49-52,54-55,57-59H,3-22,25-38,40,42-44H2,1-2H3,(H,53,56)/b24-23-,41-39+. The van der Waals surface area contributed by atoms with Gasteiger partial charge in [-0.15, -0.1) is 0 Å². The second-order valence-corrected chi connectivity index (χ2v) is 18.3. The number of unbranched alkanes of at least 4 members (excludes halogenated alkanes) is 32. The number of aliphatic hydroxyl groups is 5. The lowest BCUT2D eigenvalue weighted by Gasteiger charge is -2.40. The molecule has 0 saturated carbocycles. The highest BCUT2D eigenvalue weighted by Crippen LogP contribution is 2.23. The van der Waals surface area contributed by atoms with Crippen LogP contribution in [-0.4, -0.2) is 87.5 Å². The summed E-state index contributed by atoms with van der Waals surface area (Å²) >= 11 is 0. The highest BCUT2D eigenvalue weighted by molar-refractivity contribution is 5.76. The first-order valence-corrected chi connectivity index (χ1v) is 26.1. The Morgan fingerprint density at radius 2 is 0.918 bits per heavy atom. The predicted octanol–water partition coefficient (Wildman–Crippen LogP) is 11.8. The van der Waals surface area contributed by atoms with Crippen molar-refractivity contribution in [2.45, 2.75) is 288 Å². The largest absolute Gasteiger partial charge is 0.394 e. The van der Waals surface area contributed by atoms with E-state index in [0.29, 0.717) is 6.42 Å². The molecular formula is C52H99NO8. The molecular weight excluding hydrogens is 767 g/mol. The van der Waals surface area contributed by atoms with E-state index in [1.807, 2.05) is 6.08 Å². The molecule has 0 aromatic rings. The van der Waals surface area contributed by atoms with E-state index in [1.165, 1.54) is 186 Å². The molecule has 360 valence electrons. The highest BCUT2D eigenvalue weighted by atomic mass is 16.7. The molecule has 1 fully saturated rings. The Morgan fingerprint density at radius 1 is 0.541 bits per heavy atom. The number of carbonyl (C=O) groups excluding carboxylic acids is 1. The highest BCUT2D eigenvalue weighted by Gasteiger charge is 2.44. The van der Waals surface area contributed by atoms with Gasteiger partial charge in [0.15, 0.2) is 6.29 Å². The van der Waals surface area contributed by atoms with Crippen molar-refractivity contribution in [3.8, 4) is 0 Å². The molecule has 0 spiro atoms. The van der Waals surface area contributed by atoms with Gasteiger partial charge in [0.2, 0.25) is 5.91 Å². The molecule has 7 unspecified atom stereocenters. The van der Waals surface area contributed by atoms with Crippen molar-refractivity contribution in [1.29, 1.82) is 0 Å². The number of aliphatic hydroxyl groups excluding tert-OH is 5.